The minimum absolute atomic E-state index is 0.274. The molecule has 0 radical (unpaired) electrons. The van der Waals surface area contributed by atoms with Crippen LogP contribution in [0.3, 0.4) is 0 Å². The summed E-state index contributed by atoms with van der Waals surface area (Å²) in [5, 5.41) is 3.13. The lowest BCUT2D eigenvalue weighted by atomic mass is 10.0. The Bertz CT molecular complexity index is 354. The van der Waals surface area contributed by atoms with Crippen LogP contribution < -0.4 is 5.32 Å². The molecule has 1 fully saturated rings. The molecule has 0 aliphatic carbocycles. The van der Waals surface area contributed by atoms with Gasteiger partial charge < -0.3 is 19.2 Å². The first-order valence-corrected chi connectivity index (χ1v) is 6.66. The molecule has 1 aromatic heterocycles. The van der Waals surface area contributed by atoms with Crippen molar-refractivity contribution in [2.75, 3.05) is 7.05 Å². The van der Waals surface area contributed by atoms with Gasteiger partial charge in [-0.1, -0.05) is 0 Å². The minimum atomic E-state index is 0.274. The fourth-order valence-electron chi connectivity index (χ4n) is 2.52. The van der Waals surface area contributed by atoms with Crippen LogP contribution in [0.5, 0.6) is 0 Å². The Labute approximate surface area is 109 Å². The van der Waals surface area contributed by atoms with E-state index in [0.29, 0.717) is 6.61 Å². The highest BCUT2D eigenvalue weighted by atomic mass is 16.5. The predicted octanol–water partition coefficient (Wildman–Crippen LogP) is 2.47. The van der Waals surface area contributed by atoms with Gasteiger partial charge in [-0.2, -0.15) is 0 Å². The van der Waals surface area contributed by atoms with Gasteiger partial charge >= 0.3 is 0 Å². The molecule has 0 amide bonds. The van der Waals surface area contributed by atoms with Gasteiger partial charge in [-0.05, 0) is 39.8 Å². The van der Waals surface area contributed by atoms with Crippen molar-refractivity contribution in [2.24, 2.45) is 0 Å². The summed E-state index contributed by atoms with van der Waals surface area (Å²) in [7, 11) is 1.93. The zero-order valence-electron chi connectivity index (χ0n) is 11.4. The molecule has 2 heterocycles. The minimum Gasteiger partial charge on any atom is -0.467 e. The average molecular weight is 253 g/mol. The maximum absolute atomic E-state index is 5.95. The Morgan fingerprint density at radius 2 is 2.06 bits per heavy atom. The van der Waals surface area contributed by atoms with Gasteiger partial charge in [0.05, 0.1) is 24.6 Å². The fraction of sp³-hybridized carbons (Fsp3) is 0.714. The van der Waals surface area contributed by atoms with Gasteiger partial charge in [0.1, 0.15) is 12.4 Å². The number of ether oxygens (including phenoxy) is 2. The molecule has 1 aliphatic heterocycles. The topological polar surface area (TPSA) is 43.6 Å². The molecule has 2 rings (SSSR count). The number of rotatable bonds is 5. The highest BCUT2D eigenvalue weighted by Gasteiger charge is 2.25. The molecule has 0 saturated carbocycles. The van der Waals surface area contributed by atoms with E-state index in [2.05, 4.69) is 19.2 Å². The van der Waals surface area contributed by atoms with Crippen LogP contribution in [0, 0.1) is 0 Å². The first-order chi connectivity index (χ1) is 8.69. The Balaban J connectivity index is 1.85. The van der Waals surface area contributed by atoms with Crippen LogP contribution in [0.1, 0.15) is 38.0 Å². The van der Waals surface area contributed by atoms with E-state index >= 15 is 0 Å². The summed E-state index contributed by atoms with van der Waals surface area (Å²) >= 11 is 0. The second-order valence-electron chi connectivity index (χ2n) is 5.06. The smallest absolute Gasteiger partial charge is 0.133 e. The van der Waals surface area contributed by atoms with E-state index in [1.807, 2.05) is 13.1 Å². The molecule has 102 valence electrons. The molecule has 1 N–H and O–H groups in total. The number of hydrogen-bond donors (Lipinski definition) is 1. The fourth-order valence-corrected chi connectivity index (χ4v) is 2.52. The van der Waals surface area contributed by atoms with E-state index in [4.69, 9.17) is 13.9 Å². The van der Waals surface area contributed by atoms with Crippen molar-refractivity contribution in [3.8, 4) is 0 Å². The second kappa shape index (κ2) is 6.36. The van der Waals surface area contributed by atoms with Gasteiger partial charge in [0.2, 0.25) is 0 Å². The van der Waals surface area contributed by atoms with E-state index in [-0.39, 0.29) is 18.3 Å². The number of nitrogens with one attached hydrogen (secondary N) is 1. The molecular weight excluding hydrogens is 230 g/mol. The quantitative estimate of drug-likeness (QED) is 0.875. The van der Waals surface area contributed by atoms with E-state index in [1.165, 1.54) is 5.56 Å². The third kappa shape index (κ3) is 3.57. The lowest BCUT2D eigenvalue weighted by Gasteiger charge is -2.31. The summed E-state index contributed by atoms with van der Waals surface area (Å²) in [5.74, 6) is 0.927. The summed E-state index contributed by atoms with van der Waals surface area (Å²) in [6.07, 6.45) is 4.50. The zero-order chi connectivity index (χ0) is 13.0. The predicted molar refractivity (Wildman–Crippen MR) is 69.3 cm³/mol. The van der Waals surface area contributed by atoms with E-state index in [1.54, 1.807) is 6.26 Å². The van der Waals surface area contributed by atoms with Gasteiger partial charge in [-0.25, -0.2) is 0 Å². The van der Waals surface area contributed by atoms with Crippen molar-refractivity contribution in [1.29, 1.82) is 0 Å². The maximum Gasteiger partial charge on any atom is 0.133 e. The van der Waals surface area contributed by atoms with Crippen LogP contribution in [0.2, 0.25) is 0 Å². The van der Waals surface area contributed by atoms with E-state index < -0.39 is 0 Å². The monoisotopic (exact) mass is 253 g/mol. The summed E-state index contributed by atoms with van der Waals surface area (Å²) in [6.45, 7) is 5.57. The zero-order valence-corrected chi connectivity index (χ0v) is 11.4. The SMILES string of the molecule is CNCc1ccoc1COC1CC(C)OC(C)C1. The Kier molecular flexibility index (Phi) is 4.80. The normalized spacial score (nSPS) is 28.5. The lowest BCUT2D eigenvalue weighted by molar-refractivity contribution is -0.108. The third-order valence-corrected chi connectivity index (χ3v) is 3.31. The van der Waals surface area contributed by atoms with Crippen LogP contribution in [-0.4, -0.2) is 25.4 Å². The maximum atomic E-state index is 5.95. The van der Waals surface area contributed by atoms with Gasteiger partial charge in [-0.15, -0.1) is 0 Å². The number of hydrogen-bond acceptors (Lipinski definition) is 4. The van der Waals surface area contributed by atoms with Crippen molar-refractivity contribution in [1.82, 2.24) is 5.32 Å². The van der Waals surface area contributed by atoms with Crippen LogP contribution in [0.25, 0.3) is 0 Å². The molecule has 1 aliphatic rings. The van der Waals surface area contributed by atoms with Crippen molar-refractivity contribution < 1.29 is 13.9 Å². The summed E-state index contributed by atoms with van der Waals surface area (Å²) in [6, 6.07) is 1.99. The molecule has 18 heavy (non-hydrogen) atoms. The van der Waals surface area contributed by atoms with Crippen molar-refractivity contribution in [2.45, 2.75) is 58.2 Å². The summed E-state index contributed by atoms with van der Waals surface area (Å²) in [5.41, 5.74) is 1.17. The van der Waals surface area contributed by atoms with Crippen LogP contribution in [0.4, 0.5) is 0 Å². The molecule has 4 nitrogen and oxygen atoms in total. The highest BCUT2D eigenvalue weighted by Crippen LogP contribution is 2.23. The van der Waals surface area contributed by atoms with E-state index in [0.717, 1.165) is 25.1 Å². The molecule has 1 saturated heterocycles. The Morgan fingerprint density at radius 3 is 2.72 bits per heavy atom. The van der Waals surface area contributed by atoms with Crippen LogP contribution in [-0.2, 0) is 22.6 Å². The molecule has 2 unspecified atom stereocenters. The van der Waals surface area contributed by atoms with Gasteiger partial charge in [0.15, 0.2) is 0 Å². The number of furan rings is 1. The lowest BCUT2D eigenvalue weighted by Crippen LogP contribution is -2.34. The van der Waals surface area contributed by atoms with Crippen molar-refractivity contribution >= 4 is 0 Å². The summed E-state index contributed by atoms with van der Waals surface area (Å²) < 4.78 is 17.1. The van der Waals surface area contributed by atoms with Gasteiger partial charge in [0.25, 0.3) is 0 Å². The van der Waals surface area contributed by atoms with Crippen molar-refractivity contribution in [3.05, 3.63) is 23.7 Å². The molecule has 1 aromatic rings. The molecule has 0 spiro atoms. The van der Waals surface area contributed by atoms with Gasteiger partial charge in [-0.3, -0.25) is 0 Å². The van der Waals surface area contributed by atoms with Gasteiger partial charge in [0, 0.05) is 12.1 Å². The third-order valence-electron chi connectivity index (χ3n) is 3.31. The first-order valence-electron chi connectivity index (χ1n) is 6.66. The largest absolute Gasteiger partial charge is 0.467 e. The molecule has 4 heteroatoms. The first kappa shape index (κ1) is 13.6. The summed E-state index contributed by atoms with van der Waals surface area (Å²) in [4.78, 5) is 0. The van der Waals surface area contributed by atoms with Crippen LogP contribution in [0.15, 0.2) is 16.7 Å². The molecular formula is C14H23NO3. The van der Waals surface area contributed by atoms with Crippen molar-refractivity contribution in [3.63, 3.8) is 0 Å². The Hall–Kier alpha value is -0.840. The second-order valence-corrected chi connectivity index (χ2v) is 5.06. The standard InChI is InChI=1S/C14H23NO3/c1-10-6-13(7-11(2)18-10)17-9-14-12(8-15-3)4-5-16-14/h4-5,10-11,13,15H,6-9H2,1-3H3. The molecule has 2 atom stereocenters. The highest BCUT2D eigenvalue weighted by molar-refractivity contribution is 5.15. The van der Waals surface area contributed by atoms with Crippen LogP contribution >= 0.6 is 0 Å². The Morgan fingerprint density at radius 1 is 1.33 bits per heavy atom. The molecule has 0 aromatic carbocycles. The molecule has 0 bridgehead atoms. The average Bonchev–Trinajstić information content (AvgIpc) is 2.73. The van der Waals surface area contributed by atoms with E-state index in [9.17, 15) is 0 Å².